The van der Waals surface area contributed by atoms with Crippen molar-refractivity contribution < 1.29 is 9.59 Å². The van der Waals surface area contributed by atoms with Crippen molar-refractivity contribution in [1.29, 1.82) is 0 Å². The molecule has 192 valence electrons. The fraction of sp³-hybridized carbons (Fsp3) is 0.233. The van der Waals surface area contributed by atoms with Gasteiger partial charge in [0.1, 0.15) is 5.82 Å². The summed E-state index contributed by atoms with van der Waals surface area (Å²) in [5.74, 6) is 1.76. The Balaban J connectivity index is 0.00000107. The zero-order valence-electron chi connectivity index (χ0n) is 21.8. The number of hydrogen-bond donors (Lipinski definition) is 1. The van der Waals surface area contributed by atoms with E-state index in [-0.39, 0.29) is 6.15 Å². The van der Waals surface area contributed by atoms with Crippen LogP contribution in [0.3, 0.4) is 0 Å². The molecule has 0 bridgehead atoms. The quantitative estimate of drug-likeness (QED) is 0.290. The third-order valence-corrected chi connectivity index (χ3v) is 6.39. The van der Waals surface area contributed by atoms with Crippen molar-refractivity contribution in [2.75, 3.05) is 0 Å². The number of benzene rings is 3. The van der Waals surface area contributed by atoms with Crippen LogP contribution in [0.15, 0.2) is 72.9 Å². The number of aryl methyl sites for hydroxylation is 3. The van der Waals surface area contributed by atoms with E-state index in [1.807, 2.05) is 6.07 Å². The Morgan fingerprint density at radius 2 is 1.66 bits per heavy atom. The van der Waals surface area contributed by atoms with E-state index in [0.29, 0.717) is 5.82 Å². The Morgan fingerprint density at radius 1 is 0.895 bits per heavy atom. The summed E-state index contributed by atoms with van der Waals surface area (Å²) in [7, 11) is 0. The highest BCUT2D eigenvalue weighted by Gasteiger charge is 2.15. The van der Waals surface area contributed by atoms with Crippen LogP contribution in [-0.2, 0) is 29.0 Å². The number of nitrogens with one attached hydrogen (secondary N) is 1. The molecule has 0 spiro atoms. The van der Waals surface area contributed by atoms with Gasteiger partial charge < -0.3 is 4.57 Å². The Hall–Kier alpha value is -4.68. The molecular formula is C30H30N6O2. The van der Waals surface area contributed by atoms with Gasteiger partial charge in [0.2, 0.25) is 5.82 Å². The van der Waals surface area contributed by atoms with Crippen LogP contribution in [0.25, 0.3) is 33.6 Å². The molecule has 0 radical (unpaired) electrons. The highest BCUT2D eigenvalue weighted by Crippen LogP contribution is 2.36. The second-order valence-electron chi connectivity index (χ2n) is 8.97. The van der Waals surface area contributed by atoms with Crippen LogP contribution in [0.2, 0.25) is 0 Å². The largest absolute Gasteiger partial charge is 0.373 e. The SMILES string of the molecule is CCCc1nc(CC)cn1Cc1ccc(-c2cc(-c3ccccc3)ccc2-c2nn[nH]n2)c(C)c1.O=C=O. The molecule has 5 rings (SSSR count). The Bertz CT molecular complexity index is 1520. The lowest BCUT2D eigenvalue weighted by Crippen LogP contribution is -2.04. The number of imidazole rings is 1. The van der Waals surface area contributed by atoms with Crippen molar-refractivity contribution in [3.63, 3.8) is 0 Å². The van der Waals surface area contributed by atoms with Crippen molar-refractivity contribution in [2.24, 2.45) is 0 Å². The Labute approximate surface area is 221 Å². The summed E-state index contributed by atoms with van der Waals surface area (Å²) in [4.78, 5) is 21.1. The van der Waals surface area contributed by atoms with Crippen molar-refractivity contribution >= 4 is 6.15 Å². The summed E-state index contributed by atoms with van der Waals surface area (Å²) in [6.07, 6.45) is 5.50. The molecule has 2 heterocycles. The highest BCUT2D eigenvalue weighted by molar-refractivity contribution is 5.86. The number of aromatic amines is 1. The summed E-state index contributed by atoms with van der Waals surface area (Å²) in [6, 6.07) is 23.6. The van der Waals surface area contributed by atoms with Crippen LogP contribution in [-0.4, -0.2) is 36.3 Å². The maximum absolute atomic E-state index is 8.12. The third kappa shape index (κ3) is 5.99. The molecule has 5 aromatic rings. The first-order chi connectivity index (χ1) is 18.6. The molecule has 0 amide bonds. The van der Waals surface area contributed by atoms with E-state index < -0.39 is 0 Å². The molecular weight excluding hydrogens is 476 g/mol. The van der Waals surface area contributed by atoms with Gasteiger partial charge in [-0.05, 0) is 70.5 Å². The number of rotatable bonds is 8. The van der Waals surface area contributed by atoms with Gasteiger partial charge in [-0.25, -0.2) is 4.98 Å². The van der Waals surface area contributed by atoms with Crippen molar-refractivity contribution in [3.05, 3.63) is 95.6 Å². The molecule has 0 saturated heterocycles. The second kappa shape index (κ2) is 12.5. The average Bonchev–Trinajstić information content (AvgIpc) is 3.60. The maximum atomic E-state index is 8.12. The fourth-order valence-electron chi connectivity index (χ4n) is 4.61. The molecule has 1 N–H and O–H groups in total. The molecule has 8 heteroatoms. The van der Waals surface area contributed by atoms with E-state index in [4.69, 9.17) is 14.6 Å². The topological polar surface area (TPSA) is 106 Å². The first-order valence-electron chi connectivity index (χ1n) is 12.6. The summed E-state index contributed by atoms with van der Waals surface area (Å²) >= 11 is 0. The van der Waals surface area contributed by atoms with Crippen LogP contribution >= 0.6 is 0 Å². The first kappa shape index (κ1) is 26.4. The van der Waals surface area contributed by atoms with Crippen LogP contribution in [0, 0.1) is 6.92 Å². The molecule has 8 nitrogen and oxygen atoms in total. The lowest BCUT2D eigenvalue weighted by molar-refractivity contribution is -0.191. The second-order valence-corrected chi connectivity index (χ2v) is 8.97. The lowest BCUT2D eigenvalue weighted by Gasteiger charge is -2.15. The number of carbonyl (C=O) groups excluding carboxylic acids is 2. The third-order valence-electron chi connectivity index (χ3n) is 6.39. The Morgan fingerprint density at radius 3 is 2.32 bits per heavy atom. The maximum Gasteiger partial charge on any atom is 0.373 e. The van der Waals surface area contributed by atoms with Gasteiger partial charge in [0, 0.05) is 24.7 Å². The minimum absolute atomic E-state index is 0.250. The standard InChI is InChI=1S/C29H30N6.CO2/c1-4-9-28-30-24(5-2)19-35(28)18-21-12-14-25(20(3)16-21)27-17-23(22-10-7-6-8-11-22)13-15-26(27)29-31-33-34-32-29;2-1-3/h6-8,10-17,19H,4-5,9,18H2,1-3H3,(H,31,32,33,34);. The number of aromatic nitrogens is 6. The van der Waals surface area contributed by atoms with Gasteiger partial charge >= 0.3 is 6.15 Å². The van der Waals surface area contributed by atoms with E-state index in [1.54, 1.807) is 0 Å². The van der Waals surface area contributed by atoms with Crippen molar-refractivity contribution in [1.82, 2.24) is 30.2 Å². The minimum Gasteiger partial charge on any atom is -0.330 e. The van der Waals surface area contributed by atoms with E-state index in [1.165, 1.54) is 28.1 Å². The van der Waals surface area contributed by atoms with E-state index in [2.05, 4.69) is 113 Å². The monoisotopic (exact) mass is 506 g/mol. The van der Waals surface area contributed by atoms with E-state index >= 15 is 0 Å². The van der Waals surface area contributed by atoms with Gasteiger partial charge in [-0.1, -0.05) is 68.4 Å². The van der Waals surface area contributed by atoms with Gasteiger partial charge in [-0.2, -0.15) is 14.8 Å². The summed E-state index contributed by atoms with van der Waals surface area (Å²) in [5, 5.41) is 14.9. The van der Waals surface area contributed by atoms with Gasteiger partial charge in [0.05, 0.1) is 5.69 Å². The molecule has 0 aliphatic rings. The van der Waals surface area contributed by atoms with Crippen molar-refractivity contribution in [2.45, 2.75) is 46.6 Å². The summed E-state index contributed by atoms with van der Waals surface area (Å²) < 4.78 is 2.30. The van der Waals surface area contributed by atoms with E-state index in [9.17, 15) is 0 Å². The molecule has 38 heavy (non-hydrogen) atoms. The number of H-pyrrole nitrogens is 1. The number of tetrazole rings is 1. The van der Waals surface area contributed by atoms with Gasteiger partial charge in [0.15, 0.2) is 0 Å². The average molecular weight is 507 g/mol. The molecule has 0 aliphatic heterocycles. The summed E-state index contributed by atoms with van der Waals surface area (Å²) in [6.45, 7) is 7.36. The van der Waals surface area contributed by atoms with Crippen LogP contribution in [0.4, 0.5) is 0 Å². The van der Waals surface area contributed by atoms with Gasteiger partial charge in [0.25, 0.3) is 0 Å². The Kier molecular flexibility index (Phi) is 8.69. The predicted octanol–water partition coefficient (Wildman–Crippen LogP) is 5.69. The molecule has 2 aromatic heterocycles. The lowest BCUT2D eigenvalue weighted by atomic mass is 9.91. The number of hydrogen-bond acceptors (Lipinski definition) is 6. The highest BCUT2D eigenvalue weighted by atomic mass is 16.2. The molecule has 0 aliphatic carbocycles. The van der Waals surface area contributed by atoms with Crippen molar-refractivity contribution in [3.8, 4) is 33.6 Å². The zero-order chi connectivity index (χ0) is 26.9. The van der Waals surface area contributed by atoms with Crippen LogP contribution in [0.5, 0.6) is 0 Å². The van der Waals surface area contributed by atoms with Gasteiger partial charge in [-0.3, -0.25) is 0 Å². The molecule has 0 unspecified atom stereocenters. The van der Waals surface area contributed by atoms with Crippen LogP contribution < -0.4 is 0 Å². The first-order valence-corrected chi connectivity index (χ1v) is 12.6. The van der Waals surface area contributed by atoms with Gasteiger partial charge in [-0.15, -0.1) is 10.2 Å². The fourth-order valence-corrected chi connectivity index (χ4v) is 4.61. The van der Waals surface area contributed by atoms with E-state index in [0.717, 1.165) is 48.2 Å². The smallest absolute Gasteiger partial charge is 0.330 e. The normalized spacial score (nSPS) is 10.5. The molecule has 0 saturated carbocycles. The number of nitrogens with zero attached hydrogens (tertiary/aromatic N) is 5. The van der Waals surface area contributed by atoms with Crippen LogP contribution in [0.1, 0.15) is 42.9 Å². The zero-order valence-corrected chi connectivity index (χ0v) is 21.8. The molecule has 0 fully saturated rings. The molecule has 3 aromatic carbocycles. The minimum atomic E-state index is 0.250. The summed E-state index contributed by atoms with van der Waals surface area (Å²) in [5.41, 5.74) is 9.20. The predicted molar refractivity (Wildman–Crippen MR) is 145 cm³/mol. The molecule has 0 atom stereocenters.